The SMILES string of the molecule is Cc1cc(CCCBr)ccc1C(F)F. The monoisotopic (exact) mass is 262 g/mol. The van der Waals surface area contributed by atoms with E-state index in [1.807, 2.05) is 6.07 Å². The van der Waals surface area contributed by atoms with Crippen molar-refractivity contribution in [2.75, 3.05) is 5.33 Å². The van der Waals surface area contributed by atoms with Crippen LogP contribution in [0, 0.1) is 6.92 Å². The van der Waals surface area contributed by atoms with E-state index in [4.69, 9.17) is 0 Å². The number of hydrogen-bond acceptors (Lipinski definition) is 0. The fourth-order valence-electron chi connectivity index (χ4n) is 1.41. The molecule has 3 heteroatoms. The van der Waals surface area contributed by atoms with Crippen molar-refractivity contribution in [3.8, 4) is 0 Å². The van der Waals surface area contributed by atoms with Crippen LogP contribution in [0.2, 0.25) is 0 Å². The maximum atomic E-state index is 12.4. The number of rotatable bonds is 4. The largest absolute Gasteiger partial charge is 0.264 e. The standard InChI is InChI=1S/C11H13BrF2/c1-8-7-9(3-2-6-12)4-5-10(8)11(13)14/h4-5,7,11H,2-3,6H2,1H3. The summed E-state index contributed by atoms with van der Waals surface area (Å²) >= 11 is 3.34. The first-order chi connectivity index (χ1) is 6.65. The van der Waals surface area contributed by atoms with Crippen molar-refractivity contribution in [3.05, 3.63) is 34.9 Å². The Morgan fingerprint density at radius 1 is 1.36 bits per heavy atom. The van der Waals surface area contributed by atoms with Crippen molar-refractivity contribution in [1.29, 1.82) is 0 Å². The molecule has 0 fully saturated rings. The van der Waals surface area contributed by atoms with E-state index in [0.29, 0.717) is 5.56 Å². The van der Waals surface area contributed by atoms with Gasteiger partial charge in [0.25, 0.3) is 6.43 Å². The molecule has 0 radical (unpaired) electrons. The van der Waals surface area contributed by atoms with Crippen molar-refractivity contribution >= 4 is 15.9 Å². The van der Waals surface area contributed by atoms with Gasteiger partial charge in [-0.15, -0.1) is 0 Å². The van der Waals surface area contributed by atoms with E-state index < -0.39 is 6.43 Å². The first-order valence-electron chi connectivity index (χ1n) is 4.58. The number of benzene rings is 1. The van der Waals surface area contributed by atoms with Crippen LogP contribution in [0.25, 0.3) is 0 Å². The molecule has 0 aliphatic carbocycles. The van der Waals surface area contributed by atoms with Gasteiger partial charge in [-0.1, -0.05) is 34.1 Å². The summed E-state index contributed by atoms with van der Waals surface area (Å²) in [6, 6.07) is 5.17. The van der Waals surface area contributed by atoms with Crippen LogP contribution < -0.4 is 0 Å². The van der Waals surface area contributed by atoms with Gasteiger partial charge in [0.15, 0.2) is 0 Å². The van der Waals surface area contributed by atoms with Gasteiger partial charge < -0.3 is 0 Å². The zero-order valence-electron chi connectivity index (χ0n) is 8.06. The van der Waals surface area contributed by atoms with Crippen LogP contribution in [0.15, 0.2) is 18.2 Å². The molecule has 0 bridgehead atoms. The second-order valence-corrected chi connectivity index (χ2v) is 4.08. The summed E-state index contributed by atoms with van der Waals surface area (Å²) in [4.78, 5) is 0. The second kappa shape index (κ2) is 5.44. The van der Waals surface area contributed by atoms with Gasteiger partial charge in [-0.05, 0) is 30.9 Å². The highest BCUT2D eigenvalue weighted by Crippen LogP contribution is 2.23. The molecular weight excluding hydrogens is 250 g/mol. The summed E-state index contributed by atoms with van der Waals surface area (Å²) < 4.78 is 24.8. The van der Waals surface area contributed by atoms with Gasteiger partial charge in [-0.2, -0.15) is 0 Å². The maximum absolute atomic E-state index is 12.4. The fourth-order valence-corrected chi connectivity index (χ4v) is 1.69. The van der Waals surface area contributed by atoms with Gasteiger partial charge >= 0.3 is 0 Å². The first kappa shape index (κ1) is 11.6. The van der Waals surface area contributed by atoms with Crippen molar-refractivity contribution < 1.29 is 8.78 Å². The highest BCUT2D eigenvalue weighted by atomic mass is 79.9. The lowest BCUT2D eigenvalue weighted by Crippen LogP contribution is -1.93. The molecule has 1 rings (SSSR count). The molecule has 0 amide bonds. The van der Waals surface area contributed by atoms with Crippen LogP contribution in [0.5, 0.6) is 0 Å². The summed E-state index contributed by atoms with van der Waals surface area (Å²) in [5, 5.41) is 0.947. The molecule has 0 aliphatic heterocycles. The third kappa shape index (κ3) is 3.05. The van der Waals surface area contributed by atoms with Gasteiger partial charge in [0.05, 0.1) is 0 Å². The van der Waals surface area contributed by atoms with Crippen LogP contribution in [0.4, 0.5) is 8.78 Å². The molecule has 0 saturated carbocycles. The third-order valence-electron chi connectivity index (χ3n) is 2.17. The summed E-state index contributed by atoms with van der Waals surface area (Å²) in [6.45, 7) is 1.74. The normalized spacial score (nSPS) is 10.9. The molecule has 78 valence electrons. The minimum absolute atomic E-state index is 0.146. The van der Waals surface area contributed by atoms with E-state index in [2.05, 4.69) is 15.9 Å². The van der Waals surface area contributed by atoms with Crippen molar-refractivity contribution in [1.82, 2.24) is 0 Å². The smallest absolute Gasteiger partial charge is 0.205 e. The van der Waals surface area contributed by atoms with Gasteiger partial charge in [0.2, 0.25) is 0 Å². The Labute approximate surface area is 91.5 Å². The number of alkyl halides is 3. The van der Waals surface area contributed by atoms with E-state index in [1.54, 1.807) is 13.0 Å². The van der Waals surface area contributed by atoms with Gasteiger partial charge in [-0.25, -0.2) is 8.78 Å². The van der Waals surface area contributed by atoms with Gasteiger partial charge in [0, 0.05) is 10.9 Å². The molecule has 0 atom stereocenters. The van der Waals surface area contributed by atoms with E-state index in [0.717, 1.165) is 23.7 Å². The topological polar surface area (TPSA) is 0 Å². The van der Waals surface area contributed by atoms with Crippen molar-refractivity contribution in [2.24, 2.45) is 0 Å². The summed E-state index contributed by atoms with van der Waals surface area (Å²) in [6.07, 6.45) is -0.386. The lowest BCUT2D eigenvalue weighted by Gasteiger charge is -2.07. The molecule has 0 aromatic heterocycles. The molecule has 0 N–H and O–H groups in total. The Kier molecular flexibility index (Phi) is 4.52. The second-order valence-electron chi connectivity index (χ2n) is 3.28. The molecular formula is C11H13BrF2. The number of hydrogen-bond donors (Lipinski definition) is 0. The van der Waals surface area contributed by atoms with E-state index >= 15 is 0 Å². The fraction of sp³-hybridized carbons (Fsp3) is 0.455. The predicted octanol–water partition coefficient (Wildman–Crippen LogP) is 4.26. The van der Waals surface area contributed by atoms with E-state index in [1.165, 1.54) is 6.07 Å². The number of halogens is 3. The molecule has 0 saturated heterocycles. The van der Waals surface area contributed by atoms with E-state index in [9.17, 15) is 8.78 Å². The molecule has 14 heavy (non-hydrogen) atoms. The molecule has 0 spiro atoms. The van der Waals surface area contributed by atoms with E-state index in [-0.39, 0.29) is 5.56 Å². The highest BCUT2D eigenvalue weighted by Gasteiger charge is 2.09. The quantitative estimate of drug-likeness (QED) is 0.712. The lowest BCUT2D eigenvalue weighted by molar-refractivity contribution is 0.150. The predicted molar refractivity (Wildman–Crippen MR) is 58.3 cm³/mol. The maximum Gasteiger partial charge on any atom is 0.264 e. The van der Waals surface area contributed by atoms with Crippen LogP contribution >= 0.6 is 15.9 Å². The van der Waals surface area contributed by atoms with Crippen LogP contribution in [-0.2, 0) is 6.42 Å². The Balaban J connectivity index is 2.78. The third-order valence-corrected chi connectivity index (χ3v) is 2.73. The van der Waals surface area contributed by atoms with Crippen LogP contribution in [0.3, 0.4) is 0 Å². The zero-order valence-corrected chi connectivity index (χ0v) is 9.65. The Morgan fingerprint density at radius 3 is 2.57 bits per heavy atom. The van der Waals surface area contributed by atoms with Gasteiger partial charge in [0.1, 0.15) is 0 Å². The molecule has 0 nitrogen and oxygen atoms in total. The minimum Gasteiger partial charge on any atom is -0.205 e. The molecule has 0 aliphatic rings. The Morgan fingerprint density at radius 2 is 2.07 bits per heavy atom. The van der Waals surface area contributed by atoms with Crippen molar-refractivity contribution in [3.63, 3.8) is 0 Å². The zero-order chi connectivity index (χ0) is 10.6. The average Bonchev–Trinajstić information content (AvgIpc) is 2.14. The minimum atomic E-state index is -2.36. The summed E-state index contributed by atoms with van der Waals surface area (Å²) in [7, 11) is 0. The summed E-state index contributed by atoms with van der Waals surface area (Å²) in [5.41, 5.74) is 1.96. The van der Waals surface area contributed by atoms with Crippen molar-refractivity contribution in [2.45, 2.75) is 26.2 Å². The van der Waals surface area contributed by atoms with Crippen LogP contribution in [0.1, 0.15) is 29.5 Å². The van der Waals surface area contributed by atoms with Crippen LogP contribution in [-0.4, -0.2) is 5.33 Å². The molecule has 0 heterocycles. The molecule has 0 unspecified atom stereocenters. The Bertz CT molecular complexity index is 297. The molecule has 1 aromatic rings. The number of aryl methyl sites for hydroxylation is 2. The molecule has 1 aromatic carbocycles. The lowest BCUT2D eigenvalue weighted by atomic mass is 10.0. The first-order valence-corrected chi connectivity index (χ1v) is 5.71. The average molecular weight is 263 g/mol. The Hall–Kier alpha value is -0.440. The van der Waals surface area contributed by atoms with Gasteiger partial charge in [-0.3, -0.25) is 0 Å². The summed E-state index contributed by atoms with van der Waals surface area (Å²) in [5.74, 6) is 0. The highest BCUT2D eigenvalue weighted by molar-refractivity contribution is 9.09.